The van der Waals surface area contributed by atoms with Gasteiger partial charge in [0.15, 0.2) is 9.84 Å². The molecule has 0 amide bonds. The molecule has 0 bridgehead atoms. The van der Waals surface area contributed by atoms with Crippen LogP contribution in [0.3, 0.4) is 0 Å². The highest BCUT2D eigenvalue weighted by Crippen LogP contribution is 2.24. The van der Waals surface area contributed by atoms with Crippen LogP contribution < -0.4 is 5.73 Å². The molecule has 1 saturated heterocycles. The van der Waals surface area contributed by atoms with Gasteiger partial charge in [-0.25, -0.2) is 8.42 Å². The van der Waals surface area contributed by atoms with Crippen LogP contribution in [0.4, 0.5) is 5.69 Å². The topological polar surface area (TPSA) is 72.6 Å². The van der Waals surface area contributed by atoms with E-state index in [9.17, 15) is 8.42 Å². The van der Waals surface area contributed by atoms with E-state index in [0.29, 0.717) is 25.4 Å². The second-order valence-electron chi connectivity index (χ2n) is 4.46. The van der Waals surface area contributed by atoms with Crippen LogP contribution in [0.25, 0.3) is 0 Å². The van der Waals surface area contributed by atoms with Crippen molar-refractivity contribution >= 4 is 27.1 Å². The van der Waals surface area contributed by atoms with E-state index in [1.807, 2.05) is 0 Å². The summed E-state index contributed by atoms with van der Waals surface area (Å²) in [5, 5.41) is 0.219. The summed E-state index contributed by atoms with van der Waals surface area (Å²) in [6, 6.07) is 4.51. The normalized spacial score (nSPS) is 17.5. The average Bonchev–Trinajstić information content (AvgIpc) is 2.40. The van der Waals surface area contributed by atoms with E-state index in [-0.39, 0.29) is 15.7 Å². The molecule has 0 saturated carbocycles. The maximum absolute atomic E-state index is 12.2. The minimum atomic E-state index is -3.41. The predicted molar refractivity (Wildman–Crippen MR) is 75.2 cm³/mol. The summed E-state index contributed by atoms with van der Waals surface area (Å²) in [6.45, 7) is 3.31. The Hall–Kier alpha value is -0.820. The van der Waals surface area contributed by atoms with Gasteiger partial charge in [-0.1, -0.05) is 11.6 Å². The second-order valence-corrected chi connectivity index (χ2v) is 6.95. The minimum Gasteiger partial charge on any atom is -0.399 e. The molecule has 1 aromatic carbocycles. The molecule has 0 aromatic heterocycles. The molecule has 0 atom stereocenters. The Morgan fingerprint density at radius 2 is 2.00 bits per heavy atom. The maximum Gasteiger partial charge on any atom is 0.181 e. The van der Waals surface area contributed by atoms with Crippen molar-refractivity contribution in [3.8, 4) is 0 Å². The van der Waals surface area contributed by atoms with E-state index in [4.69, 9.17) is 22.1 Å². The molecule has 19 heavy (non-hydrogen) atoms. The molecule has 5 nitrogen and oxygen atoms in total. The third-order valence-corrected chi connectivity index (χ3v) is 5.24. The maximum atomic E-state index is 12.2. The summed E-state index contributed by atoms with van der Waals surface area (Å²) < 4.78 is 29.7. The molecule has 1 aliphatic heterocycles. The van der Waals surface area contributed by atoms with E-state index in [2.05, 4.69) is 4.90 Å². The van der Waals surface area contributed by atoms with Crippen LogP contribution in [0.15, 0.2) is 23.1 Å². The summed E-state index contributed by atoms with van der Waals surface area (Å²) in [4.78, 5) is 2.18. The van der Waals surface area contributed by atoms with E-state index in [1.165, 1.54) is 12.1 Å². The quantitative estimate of drug-likeness (QED) is 0.841. The van der Waals surface area contributed by atoms with Crippen molar-refractivity contribution in [1.29, 1.82) is 0 Å². The number of hydrogen-bond donors (Lipinski definition) is 1. The zero-order valence-corrected chi connectivity index (χ0v) is 12.1. The largest absolute Gasteiger partial charge is 0.399 e. The van der Waals surface area contributed by atoms with Crippen LogP contribution in [0.2, 0.25) is 5.02 Å². The number of nitrogens with zero attached hydrogens (tertiary/aromatic N) is 1. The van der Waals surface area contributed by atoms with E-state index in [0.717, 1.165) is 13.1 Å². The van der Waals surface area contributed by atoms with Crippen LogP contribution in [0, 0.1) is 0 Å². The van der Waals surface area contributed by atoms with Gasteiger partial charge in [0.2, 0.25) is 0 Å². The number of hydrogen-bond acceptors (Lipinski definition) is 5. The Balaban J connectivity index is 2.07. The molecule has 0 aliphatic carbocycles. The fraction of sp³-hybridized carbons (Fsp3) is 0.500. The molecule has 1 aromatic rings. The zero-order chi connectivity index (χ0) is 13.9. The first-order valence-electron chi connectivity index (χ1n) is 6.07. The third-order valence-electron chi connectivity index (χ3n) is 3.07. The lowest BCUT2D eigenvalue weighted by molar-refractivity contribution is 0.0408. The summed E-state index contributed by atoms with van der Waals surface area (Å²) in [5.41, 5.74) is 6.01. The molecule has 2 rings (SSSR count). The summed E-state index contributed by atoms with van der Waals surface area (Å²) in [5.74, 6) is 0.0379. The molecule has 0 radical (unpaired) electrons. The first kappa shape index (κ1) is 14.6. The fourth-order valence-corrected chi connectivity index (χ4v) is 3.81. The highest BCUT2D eigenvalue weighted by Gasteiger charge is 2.20. The van der Waals surface area contributed by atoms with Gasteiger partial charge in [0.1, 0.15) is 0 Å². The van der Waals surface area contributed by atoms with Crippen LogP contribution in [0.5, 0.6) is 0 Å². The number of morpholine rings is 1. The number of sulfone groups is 1. The lowest BCUT2D eigenvalue weighted by Gasteiger charge is -2.26. The number of halogens is 1. The zero-order valence-electron chi connectivity index (χ0n) is 10.5. The van der Waals surface area contributed by atoms with Gasteiger partial charge in [0.05, 0.1) is 28.9 Å². The van der Waals surface area contributed by atoms with Crippen molar-refractivity contribution in [3.63, 3.8) is 0 Å². The second kappa shape index (κ2) is 6.09. The highest BCUT2D eigenvalue weighted by atomic mass is 35.5. The predicted octanol–water partition coefficient (Wildman–Crippen LogP) is 1.03. The van der Waals surface area contributed by atoms with Gasteiger partial charge in [-0.2, -0.15) is 0 Å². The third kappa shape index (κ3) is 3.82. The van der Waals surface area contributed by atoms with Gasteiger partial charge >= 0.3 is 0 Å². The van der Waals surface area contributed by atoms with Gasteiger partial charge in [0.25, 0.3) is 0 Å². The molecule has 106 valence electrons. The van der Waals surface area contributed by atoms with Gasteiger partial charge in [-0.3, -0.25) is 4.90 Å². The van der Waals surface area contributed by atoms with Crippen LogP contribution in [-0.2, 0) is 14.6 Å². The van der Waals surface area contributed by atoms with Crippen LogP contribution >= 0.6 is 11.6 Å². The lowest BCUT2D eigenvalue weighted by atomic mass is 10.3. The SMILES string of the molecule is Nc1ccc(Cl)c(S(=O)(=O)CCN2CCOCC2)c1. The van der Waals surface area contributed by atoms with E-state index >= 15 is 0 Å². The Bertz CT molecular complexity index is 542. The average molecular weight is 305 g/mol. The Morgan fingerprint density at radius 1 is 1.32 bits per heavy atom. The molecule has 7 heteroatoms. The Kier molecular flexibility index (Phi) is 4.67. The highest BCUT2D eigenvalue weighted by molar-refractivity contribution is 7.91. The standard InChI is InChI=1S/C12H17ClN2O3S/c13-11-2-1-10(14)9-12(11)19(16,17)8-5-15-3-6-18-7-4-15/h1-2,9H,3-8,14H2. The lowest BCUT2D eigenvalue weighted by Crippen LogP contribution is -2.39. The van der Waals surface area contributed by atoms with E-state index < -0.39 is 9.84 Å². The molecule has 1 aliphatic rings. The van der Waals surface area contributed by atoms with Crippen molar-refractivity contribution in [3.05, 3.63) is 23.2 Å². The van der Waals surface area contributed by atoms with Crippen LogP contribution in [-0.4, -0.2) is 51.9 Å². The smallest absolute Gasteiger partial charge is 0.181 e. The van der Waals surface area contributed by atoms with Crippen molar-refractivity contribution < 1.29 is 13.2 Å². The van der Waals surface area contributed by atoms with Crippen molar-refractivity contribution in [2.75, 3.05) is 44.3 Å². The molecular formula is C12H17ClN2O3S. The number of ether oxygens (including phenoxy) is 1. The number of nitrogens with two attached hydrogens (primary N) is 1. The Morgan fingerprint density at radius 3 is 2.68 bits per heavy atom. The molecule has 0 unspecified atom stereocenters. The van der Waals surface area contributed by atoms with Gasteiger partial charge in [-0.15, -0.1) is 0 Å². The minimum absolute atomic E-state index is 0.0379. The monoisotopic (exact) mass is 304 g/mol. The van der Waals surface area contributed by atoms with Gasteiger partial charge < -0.3 is 10.5 Å². The van der Waals surface area contributed by atoms with Gasteiger partial charge in [-0.05, 0) is 18.2 Å². The molecule has 1 heterocycles. The van der Waals surface area contributed by atoms with Crippen molar-refractivity contribution in [2.45, 2.75) is 4.90 Å². The molecule has 2 N–H and O–H groups in total. The van der Waals surface area contributed by atoms with Crippen molar-refractivity contribution in [1.82, 2.24) is 4.90 Å². The van der Waals surface area contributed by atoms with Crippen LogP contribution in [0.1, 0.15) is 0 Å². The molecular weight excluding hydrogens is 288 g/mol. The van der Waals surface area contributed by atoms with E-state index in [1.54, 1.807) is 6.07 Å². The fourth-order valence-electron chi connectivity index (χ4n) is 1.94. The van der Waals surface area contributed by atoms with Gasteiger partial charge in [0, 0.05) is 25.3 Å². The summed E-state index contributed by atoms with van der Waals surface area (Å²) >= 11 is 5.93. The number of anilines is 1. The Labute approximate surface area is 118 Å². The number of nitrogen functional groups attached to an aromatic ring is 1. The summed E-state index contributed by atoms with van der Waals surface area (Å²) in [7, 11) is -3.41. The molecule has 1 fully saturated rings. The number of benzene rings is 1. The number of rotatable bonds is 4. The molecule has 0 spiro atoms. The van der Waals surface area contributed by atoms with Crippen molar-refractivity contribution in [2.24, 2.45) is 0 Å². The first-order chi connectivity index (χ1) is 8.99. The summed E-state index contributed by atoms with van der Waals surface area (Å²) in [6.07, 6.45) is 0. The first-order valence-corrected chi connectivity index (χ1v) is 8.10.